The third-order valence-corrected chi connectivity index (χ3v) is 6.31. The molecule has 0 bridgehead atoms. The average Bonchev–Trinajstić information content (AvgIpc) is 3.42. The van der Waals surface area contributed by atoms with Gasteiger partial charge in [0.25, 0.3) is 0 Å². The molecule has 2 heterocycles. The van der Waals surface area contributed by atoms with Crippen molar-refractivity contribution in [1.82, 2.24) is 20.0 Å². The monoisotopic (exact) mass is 438 g/mol. The van der Waals surface area contributed by atoms with Crippen LogP contribution in [0.25, 0.3) is 16.9 Å². The fourth-order valence-electron chi connectivity index (χ4n) is 4.24. The van der Waals surface area contributed by atoms with Crippen LogP contribution < -0.4 is 5.32 Å². The smallest absolute Gasteiger partial charge is 0.223 e. The molecule has 2 aromatic carbocycles. The lowest BCUT2D eigenvalue weighted by Crippen LogP contribution is -2.29. The summed E-state index contributed by atoms with van der Waals surface area (Å²) in [5.74, 6) is 0.342. The number of rotatable bonds is 7. The summed E-state index contributed by atoms with van der Waals surface area (Å²) < 4.78 is 15.1. The quantitative estimate of drug-likeness (QED) is 0.593. The lowest BCUT2D eigenvalue weighted by atomic mass is 10.1. The molecule has 3 aromatic rings. The highest BCUT2D eigenvalue weighted by Gasteiger charge is 2.38. The molecule has 2 aliphatic rings. The lowest BCUT2D eigenvalue weighted by Gasteiger charge is -2.15. The summed E-state index contributed by atoms with van der Waals surface area (Å²) >= 11 is 6.45. The van der Waals surface area contributed by atoms with E-state index in [0.717, 1.165) is 48.4 Å². The second kappa shape index (κ2) is 8.44. The predicted octanol–water partition coefficient (Wildman–Crippen LogP) is 4.43. The largest absolute Gasteiger partial charge is 0.339 e. The number of nitrogens with zero attached hydrogens (tertiary/aromatic N) is 3. The van der Waals surface area contributed by atoms with E-state index in [2.05, 4.69) is 5.32 Å². The van der Waals surface area contributed by atoms with E-state index < -0.39 is 0 Å². The van der Waals surface area contributed by atoms with Gasteiger partial charge in [0.2, 0.25) is 5.91 Å². The van der Waals surface area contributed by atoms with Crippen molar-refractivity contribution in [2.75, 3.05) is 13.1 Å². The van der Waals surface area contributed by atoms with Gasteiger partial charge >= 0.3 is 0 Å². The predicted molar refractivity (Wildman–Crippen MR) is 119 cm³/mol. The van der Waals surface area contributed by atoms with E-state index >= 15 is 0 Å². The molecule has 1 unspecified atom stereocenters. The standard InChI is InChI=1S/C24H24ClFN4O/c25-22-4-2-1-3-21(22)24-17(15-30(28-24)20-7-5-18(26)6-8-20)13-27-12-16-11-23(31)29(14-16)19-9-10-19/h1-8,15-16,19,27H,9-14H2. The first-order chi connectivity index (χ1) is 15.1. The van der Waals surface area contributed by atoms with Crippen LogP contribution in [0, 0.1) is 11.7 Å². The summed E-state index contributed by atoms with van der Waals surface area (Å²) in [4.78, 5) is 14.3. The number of amides is 1. The molecule has 1 aliphatic carbocycles. The van der Waals surface area contributed by atoms with Gasteiger partial charge in [-0.25, -0.2) is 9.07 Å². The van der Waals surface area contributed by atoms with Crippen LogP contribution in [-0.4, -0.2) is 39.7 Å². The highest BCUT2D eigenvalue weighted by Crippen LogP contribution is 2.33. The van der Waals surface area contributed by atoms with E-state index in [-0.39, 0.29) is 11.7 Å². The van der Waals surface area contributed by atoms with E-state index in [1.54, 1.807) is 16.8 Å². The molecule has 0 spiro atoms. The number of aromatic nitrogens is 2. The number of benzene rings is 2. The summed E-state index contributed by atoms with van der Waals surface area (Å²) in [5, 5.41) is 8.90. The Kier molecular flexibility index (Phi) is 5.50. The average molecular weight is 439 g/mol. The van der Waals surface area contributed by atoms with Crippen molar-refractivity contribution in [2.45, 2.75) is 31.8 Å². The van der Waals surface area contributed by atoms with Crippen molar-refractivity contribution < 1.29 is 9.18 Å². The number of halogens is 2. The fraction of sp³-hybridized carbons (Fsp3) is 0.333. The Hall–Kier alpha value is -2.70. The highest BCUT2D eigenvalue weighted by atomic mass is 35.5. The molecule has 1 N–H and O–H groups in total. The Labute approximate surface area is 185 Å². The lowest BCUT2D eigenvalue weighted by molar-refractivity contribution is -0.128. The van der Waals surface area contributed by atoms with Crippen LogP contribution in [0.4, 0.5) is 4.39 Å². The zero-order valence-corrected chi connectivity index (χ0v) is 17.9. The topological polar surface area (TPSA) is 50.2 Å². The Morgan fingerprint density at radius 3 is 2.65 bits per heavy atom. The van der Waals surface area contributed by atoms with Crippen molar-refractivity contribution in [3.8, 4) is 16.9 Å². The number of nitrogens with one attached hydrogen (secondary N) is 1. The number of hydrogen-bond acceptors (Lipinski definition) is 3. The third-order valence-electron chi connectivity index (χ3n) is 5.98. The summed E-state index contributed by atoms with van der Waals surface area (Å²) in [7, 11) is 0. The maximum atomic E-state index is 13.3. The molecule has 1 aromatic heterocycles. The van der Waals surface area contributed by atoms with E-state index in [9.17, 15) is 9.18 Å². The summed E-state index contributed by atoms with van der Waals surface area (Å²) in [5.41, 5.74) is 3.44. The Bertz CT molecular complexity index is 1090. The number of hydrogen-bond donors (Lipinski definition) is 1. The molecule has 1 atom stereocenters. The van der Waals surface area contributed by atoms with E-state index in [0.29, 0.717) is 29.9 Å². The van der Waals surface area contributed by atoms with Gasteiger partial charge in [-0.05, 0) is 49.1 Å². The first-order valence-electron chi connectivity index (χ1n) is 10.7. The molecule has 31 heavy (non-hydrogen) atoms. The van der Waals surface area contributed by atoms with Crippen LogP contribution >= 0.6 is 11.6 Å². The molecule has 0 radical (unpaired) electrons. The van der Waals surface area contributed by atoms with Gasteiger partial charge in [-0.15, -0.1) is 0 Å². The Morgan fingerprint density at radius 1 is 1.13 bits per heavy atom. The number of likely N-dealkylation sites (tertiary alicyclic amines) is 1. The van der Waals surface area contributed by atoms with Crippen molar-refractivity contribution in [3.63, 3.8) is 0 Å². The van der Waals surface area contributed by atoms with E-state index in [1.807, 2.05) is 35.4 Å². The first-order valence-corrected chi connectivity index (χ1v) is 11.1. The SMILES string of the molecule is O=C1CC(CNCc2cn(-c3ccc(F)cc3)nc2-c2ccccc2Cl)CN1C1CC1. The third kappa shape index (κ3) is 4.36. The zero-order chi connectivity index (χ0) is 21.4. The van der Waals surface area contributed by atoms with E-state index in [1.165, 1.54) is 12.1 Å². The van der Waals surface area contributed by atoms with Gasteiger partial charge in [0, 0.05) is 49.4 Å². The Balaban J connectivity index is 1.34. The zero-order valence-electron chi connectivity index (χ0n) is 17.1. The molecular formula is C24H24ClFN4O. The van der Waals surface area contributed by atoms with Crippen molar-refractivity contribution in [2.24, 2.45) is 5.92 Å². The minimum absolute atomic E-state index is 0.282. The number of carbonyl (C=O) groups is 1. The molecule has 160 valence electrons. The second-order valence-corrected chi connectivity index (χ2v) is 8.79. The number of carbonyl (C=O) groups excluding carboxylic acids is 1. The molecule has 1 amide bonds. The minimum Gasteiger partial charge on any atom is -0.339 e. The van der Waals surface area contributed by atoms with E-state index in [4.69, 9.17) is 16.7 Å². The van der Waals surface area contributed by atoms with Crippen LogP contribution in [0.3, 0.4) is 0 Å². The molecule has 1 aliphatic heterocycles. The highest BCUT2D eigenvalue weighted by molar-refractivity contribution is 6.33. The van der Waals surface area contributed by atoms with Gasteiger partial charge in [0.1, 0.15) is 5.82 Å². The van der Waals surface area contributed by atoms with Gasteiger partial charge in [-0.1, -0.05) is 29.8 Å². The van der Waals surface area contributed by atoms with Crippen molar-refractivity contribution in [3.05, 3.63) is 71.1 Å². The van der Waals surface area contributed by atoms with Crippen LogP contribution in [0.15, 0.2) is 54.7 Å². The Morgan fingerprint density at radius 2 is 1.90 bits per heavy atom. The molecule has 5 rings (SSSR count). The molecule has 7 heteroatoms. The molecule has 1 saturated heterocycles. The summed E-state index contributed by atoms with van der Waals surface area (Å²) in [6.45, 7) is 2.23. The first kappa shape index (κ1) is 20.2. The van der Waals surface area contributed by atoms with Crippen LogP contribution in [0.1, 0.15) is 24.8 Å². The summed E-state index contributed by atoms with van der Waals surface area (Å²) in [6, 6.07) is 14.4. The second-order valence-electron chi connectivity index (χ2n) is 8.38. The van der Waals surface area contributed by atoms with Gasteiger partial charge in [-0.2, -0.15) is 5.10 Å². The molecule has 5 nitrogen and oxygen atoms in total. The molecule has 1 saturated carbocycles. The van der Waals surface area contributed by atoms with Crippen LogP contribution in [-0.2, 0) is 11.3 Å². The van der Waals surface area contributed by atoms with Crippen LogP contribution in [0.5, 0.6) is 0 Å². The molecule has 2 fully saturated rings. The van der Waals surface area contributed by atoms with Crippen molar-refractivity contribution in [1.29, 1.82) is 0 Å². The van der Waals surface area contributed by atoms with Crippen molar-refractivity contribution >= 4 is 17.5 Å². The van der Waals surface area contributed by atoms with Gasteiger partial charge in [0.05, 0.1) is 16.4 Å². The minimum atomic E-state index is -0.282. The van der Waals surface area contributed by atoms with Gasteiger partial charge < -0.3 is 10.2 Å². The van der Waals surface area contributed by atoms with Gasteiger partial charge in [-0.3, -0.25) is 4.79 Å². The maximum absolute atomic E-state index is 13.3. The summed E-state index contributed by atoms with van der Waals surface area (Å²) in [6.07, 6.45) is 4.87. The van der Waals surface area contributed by atoms with Crippen LogP contribution in [0.2, 0.25) is 5.02 Å². The maximum Gasteiger partial charge on any atom is 0.223 e. The fourth-order valence-corrected chi connectivity index (χ4v) is 4.47. The molecular weight excluding hydrogens is 415 g/mol. The normalized spacial score (nSPS) is 18.7. The van der Waals surface area contributed by atoms with Gasteiger partial charge in [0.15, 0.2) is 0 Å².